The SMILES string of the molecule is CCCCCCCCCCCCCCCCC/C=C/CCCC(O)C(O)C(CO)NC(=O)C(O)CCCCCCCCCCCCCCCCCCCC. The van der Waals surface area contributed by atoms with Crippen molar-refractivity contribution in [3.8, 4) is 0 Å². The predicted molar refractivity (Wildman–Crippen MR) is 233 cm³/mol. The molecular weight excluding hydrogens is 671 g/mol. The average molecular weight is 766 g/mol. The van der Waals surface area contributed by atoms with Crippen LogP contribution in [0.3, 0.4) is 0 Å². The lowest BCUT2D eigenvalue weighted by Gasteiger charge is -2.27. The molecule has 0 aliphatic heterocycles. The number of aliphatic hydroxyl groups is 4. The summed E-state index contributed by atoms with van der Waals surface area (Å²) in [5.41, 5.74) is 0. The Kier molecular flexibility index (Phi) is 42.4. The van der Waals surface area contributed by atoms with E-state index in [1.807, 2.05) is 0 Å². The third-order valence-corrected chi connectivity index (χ3v) is 11.5. The second-order valence-corrected chi connectivity index (χ2v) is 16.8. The molecule has 5 N–H and O–H groups in total. The third-order valence-electron chi connectivity index (χ3n) is 11.5. The molecular formula is C48H95NO5. The first kappa shape index (κ1) is 53.0. The van der Waals surface area contributed by atoms with E-state index < -0.39 is 36.9 Å². The number of unbranched alkanes of at least 4 members (excludes halogenated alkanes) is 33. The van der Waals surface area contributed by atoms with Crippen molar-refractivity contribution in [2.45, 2.75) is 282 Å². The van der Waals surface area contributed by atoms with Crippen molar-refractivity contribution in [3.63, 3.8) is 0 Å². The molecule has 0 spiro atoms. The highest BCUT2D eigenvalue weighted by Crippen LogP contribution is 2.17. The zero-order valence-corrected chi connectivity index (χ0v) is 36.2. The van der Waals surface area contributed by atoms with Gasteiger partial charge in [-0.2, -0.15) is 0 Å². The van der Waals surface area contributed by atoms with Gasteiger partial charge >= 0.3 is 0 Å². The van der Waals surface area contributed by atoms with E-state index in [0.29, 0.717) is 12.8 Å². The van der Waals surface area contributed by atoms with E-state index in [4.69, 9.17) is 0 Å². The van der Waals surface area contributed by atoms with Crippen molar-refractivity contribution in [2.75, 3.05) is 6.61 Å². The van der Waals surface area contributed by atoms with Gasteiger partial charge in [-0.3, -0.25) is 4.79 Å². The molecule has 0 radical (unpaired) electrons. The second-order valence-electron chi connectivity index (χ2n) is 16.8. The zero-order chi connectivity index (χ0) is 39.6. The van der Waals surface area contributed by atoms with Crippen LogP contribution in [0.4, 0.5) is 0 Å². The molecule has 1 amide bonds. The van der Waals surface area contributed by atoms with Gasteiger partial charge in [0.25, 0.3) is 0 Å². The molecule has 0 rings (SSSR count). The highest BCUT2D eigenvalue weighted by atomic mass is 16.3. The summed E-state index contributed by atoms with van der Waals surface area (Å²) in [6.45, 7) is 4.06. The number of nitrogens with one attached hydrogen (secondary N) is 1. The van der Waals surface area contributed by atoms with E-state index in [2.05, 4.69) is 31.3 Å². The van der Waals surface area contributed by atoms with E-state index >= 15 is 0 Å². The summed E-state index contributed by atoms with van der Waals surface area (Å²) in [6.07, 6.45) is 48.2. The first-order chi connectivity index (χ1) is 26.5. The molecule has 0 bridgehead atoms. The number of aliphatic hydroxyl groups excluding tert-OH is 4. The maximum absolute atomic E-state index is 12.5. The van der Waals surface area contributed by atoms with Gasteiger partial charge in [-0.15, -0.1) is 0 Å². The van der Waals surface area contributed by atoms with Crippen molar-refractivity contribution in [3.05, 3.63) is 12.2 Å². The summed E-state index contributed by atoms with van der Waals surface area (Å²) in [6, 6.07) is -0.997. The van der Waals surface area contributed by atoms with E-state index in [0.717, 1.165) is 38.5 Å². The maximum atomic E-state index is 12.5. The standard InChI is InChI=1S/C48H95NO5/c1-3-5-7-9-11-13-15-17-19-21-23-24-26-27-29-31-33-35-37-39-41-45(51)47(53)44(43-50)49-48(54)46(52)42-40-38-36-34-32-30-28-25-22-20-18-16-14-12-10-8-6-4-2/h33,35,44-47,50-53H,3-32,34,36-43H2,1-2H3,(H,49,54)/b35-33+. The fourth-order valence-electron chi connectivity index (χ4n) is 7.64. The molecule has 0 saturated carbocycles. The van der Waals surface area contributed by atoms with Crippen LogP contribution in [0.25, 0.3) is 0 Å². The number of hydrogen-bond acceptors (Lipinski definition) is 5. The van der Waals surface area contributed by atoms with Crippen LogP contribution in [0.5, 0.6) is 0 Å². The number of carbonyl (C=O) groups excluding carboxylic acids is 1. The van der Waals surface area contributed by atoms with Crippen molar-refractivity contribution < 1.29 is 25.2 Å². The highest BCUT2D eigenvalue weighted by molar-refractivity contribution is 5.80. The van der Waals surface area contributed by atoms with Crippen LogP contribution < -0.4 is 5.32 Å². The van der Waals surface area contributed by atoms with Crippen molar-refractivity contribution in [1.29, 1.82) is 0 Å². The van der Waals surface area contributed by atoms with Crippen LogP contribution in [-0.2, 0) is 4.79 Å². The van der Waals surface area contributed by atoms with Crippen LogP contribution in [0.1, 0.15) is 258 Å². The number of rotatable bonds is 44. The van der Waals surface area contributed by atoms with Crippen LogP contribution in [0, 0.1) is 0 Å². The molecule has 0 saturated heterocycles. The summed E-state index contributed by atoms with van der Waals surface area (Å²) in [7, 11) is 0. The van der Waals surface area contributed by atoms with Crippen LogP contribution in [0.2, 0.25) is 0 Å². The lowest BCUT2D eigenvalue weighted by molar-refractivity contribution is -0.132. The fraction of sp³-hybridized carbons (Fsp3) is 0.938. The van der Waals surface area contributed by atoms with E-state index in [1.165, 1.54) is 193 Å². The minimum absolute atomic E-state index is 0.368. The largest absolute Gasteiger partial charge is 0.394 e. The predicted octanol–water partition coefficient (Wildman–Crippen LogP) is 13.0. The molecule has 54 heavy (non-hydrogen) atoms. The lowest BCUT2D eigenvalue weighted by Crippen LogP contribution is -2.53. The smallest absolute Gasteiger partial charge is 0.249 e. The summed E-state index contributed by atoms with van der Waals surface area (Å²) < 4.78 is 0. The van der Waals surface area contributed by atoms with Gasteiger partial charge in [0.15, 0.2) is 0 Å². The minimum atomic E-state index is -1.28. The molecule has 4 unspecified atom stereocenters. The van der Waals surface area contributed by atoms with Gasteiger partial charge in [-0.1, -0.05) is 231 Å². The Hall–Kier alpha value is -0.950. The second kappa shape index (κ2) is 43.2. The van der Waals surface area contributed by atoms with Crippen molar-refractivity contribution >= 4 is 5.91 Å². The monoisotopic (exact) mass is 766 g/mol. The van der Waals surface area contributed by atoms with Gasteiger partial charge < -0.3 is 25.7 Å². The van der Waals surface area contributed by atoms with Crippen molar-refractivity contribution in [2.24, 2.45) is 0 Å². The summed E-state index contributed by atoms with van der Waals surface area (Å²) in [5, 5.41) is 43.8. The summed E-state index contributed by atoms with van der Waals surface area (Å²) in [4.78, 5) is 12.5. The van der Waals surface area contributed by atoms with Gasteiger partial charge in [0.1, 0.15) is 12.2 Å². The molecule has 0 fully saturated rings. The van der Waals surface area contributed by atoms with E-state index in [-0.39, 0.29) is 0 Å². The lowest BCUT2D eigenvalue weighted by atomic mass is 10.00. The van der Waals surface area contributed by atoms with Crippen LogP contribution in [0.15, 0.2) is 12.2 Å². The Balaban J connectivity index is 3.71. The number of hydrogen-bond donors (Lipinski definition) is 5. The number of amides is 1. The molecule has 6 nitrogen and oxygen atoms in total. The first-order valence-corrected chi connectivity index (χ1v) is 24.1. The normalized spacial score (nSPS) is 14.1. The van der Waals surface area contributed by atoms with Crippen LogP contribution in [-0.4, -0.2) is 57.3 Å². The fourth-order valence-corrected chi connectivity index (χ4v) is 7.64. The van der Waals surface area contributed by atoms with Gasteiger partial charge in [0, 0.05) is 0 Å². The Morgan fingerprint density at radius 3 is 1.11 bits per heavy atom. The molecule has 0 aliphatic rings. The number of allylic oxidation sites excluding steroid dienone is 2. The topological polar surface area (TPSA) is 110 Å². The van der Waals surface area contributed by atoms with Gasteiger partial charge in [-0.05, 0) is 38.5 Å². The molecule has 322 valence electrons. The molecule has 0 aliphatic carbocycles. The Labute approximate surface area is 336 Å². The first-order valence-electron chi connectivity index (χ1n) is 24.1. The Morgan fingerprint density at radius 1 is 0.444 bits per heavy atom. The number of carbonyl (C=O) groups is 1. The van der Waals surface area contributed by atoms with Gasteiger partial charge in [0.2, 0.25) is 5.91 Å². The Morgan fingerprint density at radius 2 is 0.759 bits per heavy atom. The highest BCUT2D eigenvalue weighted by Gasteiger charge is 2.28. The van der Waals surface area contributed by atoms with Crippen molar-refractivity contribution in [1.82, 2.24) is 5.32 Å². The molecule has 4 atom stereocenters. The molecule has 0 aromatic carbocycles. The quantitative estimate of drug-likeness (QED) is 0.0313. The van der Waals surface area contributed by atoms with Gasteiger partial charge in [-0.25, -0.2) is 0 Å². The minimum Gasteiger partial charge on any atom is -0.394 e. The molecule has 6 heteroatoms. The maximum Gasteiger partial charge on any atom is 0.249 e. The molecule has 0 heterocycles. The summed E-state index contributed by atoms with van der Waals surface area (Å²) >= 11 is 0. The Bertz CT molecular complexity index is 776. The van der Waals surface area contributed by atoms with E-state index in [1.54, 1.807) is 0 Å². The molecule has 0 aromatic heterocycles. The zero-order valence-electron chi connectivity index (χ0n) is 36.2. The molecule has 0 aromatic rings. The van der Waals surface area contributed by atoms with E-state index in [9.17, 15) is 25.2 Å². The van der Waals surface area contributed by atoms with Crippen LogP contribution >= 0.6 is 0 Å². The van der Waals surface area contributed by atoms with Gasteiger partial charge in [0.05, 0.1) is 18.8 Å². The summed E-state index contributed by atoms with van der Waals surface area (Å²) in [5.74, 6) is -0.589. The third kappa shape index (κ3) is 36.7. The average Bonchev–Trinajstić information content (AvgIpc) is 3.18.